The van der Waals surface area contributed by atoms with Gasteiger partial charge in [0.05, 0.1) is 11.3 Å². The van der Waals surface area contributed by atoms with Crippen LogP contribution in [0, 0.1) is 0 Å². The SMILES string of the molecule is O=C(O)c1ccc(CS(=O)(=O)NCCc2ccsc2)cc1. The number of carbonyl (C=O) groups is 1. The molecule has 21 heavy (non-hydrogen) atoms. The van der Waals surface area contributed by atoms with E-state index < -0.39 is 16.0 Å². The number of sulfonamides is 1. The van der Waals surface area contributed by atoms with E-state index in [4.69, 9.17) is 5.11 Å². The largest absolute Gasteiger partial charge is 0.478 e. The van der Waals surface area contributed by atoms with Gasteiger partial charge in [-0.05, 0) is 46.5 Å². The third-order valence-corrected chi connectivity index (χ3v) is 4.96. The van der Waals surface area contributed by atoms with Gasteiger partial charge >= 0.3 is 5.97 Å². The lowest BCUT2D eigenvalue weighted by atomic mass is 10.1. The highest BCUT2D eigenvalue weighted by molar-refractivity contribution is 7.88. The van der Waals surface area contributed by atoms with Crippen molar-refractivity contribution >= 4 is 27.3 Å². The normalized spacial score (nSPS) is 11.4. The molecule has 7 heteroatoms. The van der Waals surface area contributed by atoms with Crippen LogP contribution in [0.2, 0.25) is 0 Å². The van der Waals surface area contributed by atoms with E-state index in [1.807, 2.05) is 16.8 Å². The molecule has 0 aliphatic rings. The van der Waals surface area contributed by atoms with Crippen molar-refractivity contribution in [3.8, 4) is 0 Å². The number of aromatic carboxylic acids is 1. The first-order valence-corrected chi connectivity index (χ1v) is 8.86. The third kappa shape index (κ3) is 4.96. The maximum absolute atomic E-state index is 11.9. The highest BCUT2D eigenvalue weighted by Gasteiger charge is 2.11. The molecule has 0 aliphatic heterocycles. The number of carboxylic acids is 1. The number of rotatable bonds is 7. The first kappa shape index (κ1) is 15.7. The lowest BCUT2D eigenvalue weighted by molar-refractivity contribution is 0.0697. The van der Waals surface area contributed by atoms with E-state index in [0.29, 0.717) is 18.5 Å². The van der Waals surface area contributed by atoms with Gasteiger partial charge in [-0.3, -0.25) is 0 Å². The fourth-order valence-electron chi connectivity index (χ4n) is 1.80. The Hall–Kier alpha value is -1.70. The molecule has 0 atom stereocenters. The Morgan fingerprint density at radius 2 is 1.86 bits per heavy atom. The summed E-state index contributed by atoms with van der Waals surface area (Å²) in [5.41, 5.74) is 1.80. The van der Waals surface area contributed by atoms with Crippen molar-refractivity contribution in [3.63, 3.8) is 0 Å². The standard InChI is InChI=1S/C14H15NO4S2/c16-14(17)13-3-1-12(2-4-13)10-21(18,19)15-7-5-11-6-8-20-9-11/h1-4,6,8-9,15H,5,7,10H2,(H,16,17). The van der Waals surface area contributed by atoms with Crippen molar-refractivity contribution in [1.29, 1.82) is 0 Å². The molecule has 2 rings (SSSR count). The van der Waals surface area contributed by atoms with E-state index in [1.165, 1.54) is 24.3 Å². The second-order valence-corrected chi connectivity index (χ2v) is 7.12. The lowest BCUT2D eigenvalue weighted by Gasteiger charge is -2.06. The molecule has 5 nitrogen and oxygen atoms in total. The third-order valence-electron chi connectivity index (χ3n) is 2.87. The number of carboxylic acid groups (broad SMARTS) is 1. The van der Waals surface area contributed by atoms with Gasteiger partial charge in [-0.25, -0.2) is 17.9 Å². The molecule has 0 radical (unpaired) electrons. The molecule has 1 aromatic carbocycles. The highest BCUT2D eigenvalue weighted by atomic mass is 32.2. The topological polar surface area (TPSA) is 83.5 Å². The van der Waals surface area contributed by atoms with Crippen molar-refractivity contribution < 1.29 is 18.3 Å². The first-order valence-electron chi connectivity index (χ1n) is 6.27. The second kappa shape index (κ2) is 6.84. The molecule has 0 unspecified atom stereocenters. The number of benzene rings is 1. The van der Waals surface area contributed by atoms with Gasteiger partial charge in [0, 0.05) is 6.54 Å². The molecule has 112 valence electrons. The minimum Gasteiger partial charge on any atom is -0.478 e. The van der Waals surface area contributed by atoms with E-state index >= 15 is 0 Å². The van der Waals surface area contributed by atoms with Crippen LogP contribution in [0.1, 0.15) is 21.5 Å². The zero-order chi connectivity index (χ0) is 15.3. The molecule has 0 aliphatic carbocycles. The first-order chi connectivity index (χ1) is 9.96. The number of nitrogens with one attached hydrogen (secondary N) is 1. The van der Waals surface area contributed by atoms with E-state index in [2.05, 4.69) is 4.72 Å². The molecule has 0 saturated heterocycles. The number of hydrogen-bond acceptors (Lipinski definition) is 4. The Bertz CT molecular complexity index is 691. The van der Waals surface area contributed by atoms with Crippen LogP contribution in [0.15, 0.2) is 41.1 Å². The Labute approximate surface area is 127 Å². The maximum Gasteiger partial charge on any atom is 0.335 e. The molecule has 0 bridgehead atoms. The molecule has 2 aromatic rings. The van der Waals surface area contributed by atoms with E-state index in [9.17, 15) is 13.2 Å². The monoisotopic (exact) mass is 325 g/mol. The van der Waals surface area contributed by atoms with Crippen LogP contribution in [-0.2, 0) is 22.2 Å². The summed E-state index contributed by atoms with van der Waals surface area (Å²) in [5.74, 6) is -1.19. The Kier molecular flexibility index (Phi) is 5.11. The van der Waals surface area contributed by atoms with Crippen molar-refractivity contribution in [3.05, 3.63) is 57.8 Å². The molecular weight excluding hydrogens is 310 g/mol. The van der Waals surface area contributed by atoms with Gasteiger partial charge in [0.2, 0.25) is 10.0 Å². The zero-order valence-corrected chi connectivity index (χ0v) is 12.8. The van der Waals surface area contributed by atoms with Gasteiger partial charge in [-0.2, -0.15) is 11.3 Å². The summed E-state index contributed by atoms with van der Waals surface area (Å²) >= 11 is 1.58. The zero-order valence-electron chi connectivity index (χ0n) is 11.2. The predicted molar refractivity (Wildman–Crippen MR) is 82.1 cm³/mol. The van der Waals surface area contributed by atoms with Gasteiger partial charge in [0.1, 0.15) is 0 Å². The van der Waals surface area contributed by atoms with E-state index in [-0.39, 0.29) is 11.3 Å². The smallest absolute Gasteiger partial charge is 0.335 e. The molecule has 0 spiro atoms. The average molecular weight is 325 g/mol. The summed E-state index contributed by atoms with van der Waals surface area (Å²) in [7, 11) is -3.41. The molecule has 1 aromatic heterocycles. The Morgan fingerprint density at radius 3 is 2.43 bits per heavy atom. The van der Waals surface area contributed by atoms with Crippen LogP contribution < -0.4 is 4.72 Å². The molecule has 1 heterocycles. The summed E-state index contributed by atoms with van der Waals surface area (Å²) in [6.45, 7) is 0.353. The van der Waals surface area contributed by atoms with Gasteiger partial charge in [0.25, 0.3) is 0 Å². The van der Waals surface area contributed by atoms with Gasteiger partial charge < -0.3 is 5.11 Å². The van der Waals surface area contributed by atoms with Crippen molar-refractivity contribution in [1.82, 2.24) is 4.72 Å². The van der Waals surface area contributed by atoms with Crippen LogP contribution in [-0.4, -0.2) is 26.0 Å². The van der Waals surface area contributed by atoms with Gasteiger partial charge in [0.15, 0.2) is 0 Å². The summed E-state index contributed by atoms with van der Waals surface area (Å²) in [5, 5.41) is 12.7. The number of hydrogen-bond donors (Lipinski definition) is 2. The average Bonchev–Trinajstić information content (AvgIpc) is 2.91. The maximum atomic E-state index is 11.9. The summed E-state index contributed by atoms with van der Waals surface area (Å²) in [6, 6.07) is 7.80. The summed E-state index contributed by atoms with van der Waals surface area (Å²) in [4.78, 5) is 10.7. The van der Waals surface area contributed by atoms with Crippen LogP contribution in [0.25, 0.3) is 0 Å². The minimum absolute atomic E-state index is 0.140. The Morgan fingerprint density at radius 1 is 1.14 bits per heavy atom. The number of thiophene rings is 1. The fraction of sp³-hybridized carbons (Fsp3) is 0.214. The van der Waals surface area contributed by atoms with E-state index in [0.717, 1.165) is 5.56 Å². The molecule has 2 N–H and O–H groups in total. The fourth-order valence-corrected chi connectivity index (χ4v) is 3.65. The van der Waals surface area contributed by atoms with Crippen molar-refractivity contribution in [2.75, 3.05) is 6.54 Å². The summed E-state index contributed by atoms with van der Waals surface area (Å²) in [6.07, 6.45) is 0.653. The van der Waals surface area contributed by atoms with Crippen molar-refractivity contribution in [2.45, 2.75) is 12.2 Å². The van der Waals surface area contributed by atoms with Crippen LogP contribution in [0.3, 0.4) is 0 Å². The van der Waals surface area contributed by atoms with E-state index in [1.54, 1.807) is 11.3 Å². The lowest BCUT2D eigenvalue weighted by Crippen LogP contribution is -2.27. The van der Waals surface area contributed by atoms with Crippen LogP contribution >= 0.6 is 11.3 Å². The van der Waals surface area contributed by atoms with Gasteiger partial charge in [-0.15, -0.1) is 0 Å². The highest BCUT2D eigenvalue weighted by Crippen LogP contribution is 2.09. The minimum atomic E-state index is -3.41. The van der Waals surface area contributed by atoms with Crippen molar-refractivity contribution in [2.24, 2.45) is 0 Å². The van der Waals surface area contributed by atoms with Crippen LogP contribution in [0.4, 0.5) is 0 Å². The Balaban J connectivity index is 1.89. The predicted octanol–water partition coefficient (Wildman–Crippen LogP) is 2.11. The summed E-state index contributed by atoms with van der Waals surface area (Å²) < 4.78 is 26.4. The molecule has 0 fully saturated rings. The van der Waals surface area contributed by atoms with Gasteiger partial charge in [-0.1, -0.05) is 12.1 Å². The van der Waals surface area contributed by atoms with Crippen LogP contribution in [0.5, 0.6) is 0 Å². The molecule has 0 saturated carbocycles. The molecule has 0 amide bonds. The second-order valence-electron chi connectivity index (χ2n) is 4.54. The molecular formula is C14H15NO4S2. The quantitative estimate of drug-likeness (QED) is 0.816.